The lowest BCUT2D eigenvalue weighted by molar-refractivity contribution is -0.0336. The van der Waals surface area contributed by atoms with E-state index in [4.69, 9.17) is 11.6 Å². The Morgan fingerprint density at radius 2 is 2.00 bits per heavy atom. The lowest BCUT2D eigenvalue weighted by atomic mass is 10.00. The Morgan fingerprint density at radius 3 is 2.33 bits per heavy atom. The molecule has 0 aromatic carbocycles. The molecule has 6 heteroatoms. The van der Waals surface area contributed by atoms with E-state index in [1.807, 2.05) is 0 Å². The van der Waals surface area contributed by atoms with E-state index in [0.717, 1.165) is 20.1 Å². The van der Waals surface area contributed by atoms with E-state index in [-0.39, 0.29) is 0 Å². The van der Waals surface area contributed by atoms with Gasteiger partial charge in [-0.3, -0.25) is 0 Å². The summed E-state index contributed by atoms with van der Waals surface area (Å²) in [4.78, 5) is 0.740. The molecule has 0 spiro atoms. The Hall–Kier alpha value is 0.810. The van der Waals surface area contributed by atoms with Crippen LogP contribution in [0.3, 0.4) is 0 Å². The van der Waals surface area contributed by atoms with Crippen molar-refractivity contribution in [3.63, 3.8) is 0 Å². The van der Waals surface area contributed by atoms with E-state index in [1.165, 1.54) is 18.3 Å². The van der Waals surface area contributed by atoms with Gasteiger partial charge in [-0.2, -0.15) is 0 Å². The smallest absolute Gasteiger partial charge is 0.207 e. The van der Waals surface area contributed by atoms with Gasteiger partial charge in [0.2, 0.25) is 5.92 Å². The van der Waals surface area contributed by atoms with Gasteiger partial charge in [0.1, 0.15) is 0 Å². The standard InChI is InChI=1S/C9H9Br2ClF2S/c1-4(9(2,13)14)7(12)6-3-5(10)8(11)15-6/h3-4,7H,1-2H3. The first-order valence-electron chi connectivity index (χ1n) is 4.20. The van der Waals surface area contributed by atoms with Crippen LogP contribution in [0, 0.1) is 5.92 Å². The number of rotatable bonds is 3. The zero-order valence-electron chi connectivity index (χ0n) is 8.03. The molecule has 0 saturated heterocycles. The molecule has 0 radical (unpaired) electrons. The molecule has 1 aromatic rings. The minimum atomic E-state index is -2.77. The van der Waals surface area contributed by atoms with Crippen molar-refractivity contribution in [3.8, 4) is 0 Å². The maximum Gasteiger partial charge on any atom is 0.249 e. The molecular weight excluding hydrogens is 373 g/mol. The van der Waals surface area contributed by atoms with Gasteiger partial charge >= 0.3 is 0 Å². The molecule has 0 bridgehead atoms. The lowest BCUT2D eigenvalue weighted by Crippen LogP contribution is -2.24. The molecule has 0 fully saturated rings. The van der Waals surface area contributed by atoms with Gasteiger partial charge < -0.3 is 0 Å². The quantitative estimate of drug-likeness (QED) is 0.576. The number of hydrogen-bond acceptors (Lipinski definition) is 1. The third-order valence-electron chi connectivity index (χ3n) is 2.17. The molecular formula is C9H9Br2ClF2S. The van der Waals surface area contributed by atoms with Crippen LogP contribution in [-0.2, 0) is 0 Å². The maximum absolute atomic E-state index is 13.1. The van der Waals surface area contributed by atoms with Crippen LogP contribution in [0.5, 0.6) is 0 Å². The van der Waals surface area contributed by atoms with Crippen LogP contribution >= 0.6 is 54.8 Å². The van der Waals surface area contributed by atoms with Crippen LogP contribution in [-0.4, -0.2) is 5.92 Å². The Morgan fingerprint density at radius 1 is 1.47 bits per heavy atom. The Kier molecular flexibility index (Phi) is 4.61. The SMILES string of the molecule is CC(C(Cl)c1cc(Br)c(Br)s1)C(C)(F)F. The van der Waals surface area contributed by atoms with Crippen molar-refractivity contribution in [2.45, 2.75) is 25.1 Å². The summed E-state index contributed by atoms with van der Waals surface area (Å²) in [5.74, 6) is -3.66. The van der Waals surface area contributed by atoms with Crippen LogP contribution in [0.4, 0.5) is 8.78 Å². The first-order chi connectivity index (χ1) is 6.73. The molecule has 0 aliphatic carbocycles. The van der Waals surface area contributed by atoms with Crippen molar-refractivity contribution in [1.82, 2.24) is 0 Å². The third kappa shape index (κ3) is 3.38. The third-order valence-corrected chi connectivity index (χ3v) is 6.26. The van der Waals surface area contributed by atoms with Gasteiger partial charge in [0, 0.05) is 15.3 Å². The fraction of sp³-hybridized carbons (Fsp3) is 0.556. The molecule has 15 heavy (non-hydrogen) atoms. The van der Waals surface area contributed by atoms with Crippen molar-refractivity contribution < 1.29 is 8.78 Å². The summed E-state index contributed by atoms with van der Waals surface area (Å²) in [6, 6.07) is 1.77. The highest BCUT2D eigenvalue weighted by Gasteiger charge is 2.37. The van der Waals surface area contributed by atoms with Gasteiger partial charge in [-0.1, -0.05) is 6.92 Å². The molecule has 0 aliphatic rings. The van der Waals surface area contributed by atoms with Crippen molar-refractivity contribution >= 4 is 54.8 Å². The highest BCUT2D eigenvalue weighted by molar-refractivity contribution is 9.13. The van der Waals surface area contributed by atoms with Crippen LogP contribution in [0.25, 0.3) is 0 Å². The predicted molar refractivity (Wildman–Crippen MR) is 68.1 cm³/mol. The summed E-state index contributed by atoms with van der Waals surface area (Å²) >= 11 is 14.0. The number of halogens is 5. The topological polar surface area (TPSA) is 0 Å². The van der Waals surface area contributed by atoms with E-state index in [0.29, 0.717) is 0 Å². The maximum atomic E-state index is 13.1. The molecule has 1 rings (SSSR count). The Labute approximate surface area is 113 Å². The van der Waals surface area contributed by atoms with Crippen LogP contribution in [0.15, 0.2) is 14.3 Å². The largest absolute Gasteiger partial charge is 0.249 e. The van der Waals surface area contributed by atoms with E-state index in [9.17, 15) is 8.78 Å². The summed E-state index contributed by atoms with van der Waals surface area (Å²) in [7, 11) is 0. The van der Waals surface area contributed by atoms with Crippen LogP contribution in [0.2, 0.25) is 0 Å². The van der Waals surface area contributed by atoms with Crippen molar-refractivity contribution in [2.24, 2.45) is 5.92 Å². The van der Waals surface area contributed by atoms with Gasteiger partial charge in [-0.25, -0.2) is 8.78 Å². The lowest BCUT2D eigenvalue weighted by Gasteiger charge is -2.23. The van der Waals surface area contributed by atoms with E-state index >= 15 is 0 Å². The molecule has 0 aliphatic heterocycles. The van der Waals surface area contributed by atoms with Crippen molar-refractivity contribution in [1.29, 1.82) is 0 Å². The van der Waals surface area contributed by atoms with Crippen LogP contribution in [0.1, 0.15) is 24.1 Å². The second-order valence-corrected chi connectivity index (χ2v) is 7.14. The van der Waals surface area contributed by atoms with E-state index in [1.54, 1.807) is 6.07 Å². The summed E-state index contributed by atoms with van der Waals surface area (Å²) in [5, 5.41) is -0.669. The molecule has 0 N–H and O–H groups in total. The van der Waals surface area contributed by atoms with E-state index < -0.39 is 17.2 Å². The molecule has 0 nitrogen and oxygen atoms in total. The molecule has 0 amide bonds. The van der Waals surface area contributed by atoms with Crippen LogP contribution < -0.4 is 0 Å². The zero-order chi connectivity index (χ0) is 11.8. The Balaban J connectivity index is 2.90. The van der Waals surface area contributed by atoms with Crippen molar-refractivity contribution in [3.05, 3.63) is 19.2 Å². The van der Waals surface area contributed by atoms with Gasteiger partial charge in [0.05, 0.1) is 9.16 Å². The monoisotopic (exact) mass is 380 g/mol. The second-order valence-electron chi connectivity index (χ2n) is 3.42. The van der Waals surface area contributed by atoms with Gasteiger partial charge in [-0.05, 0) is 44.8 Å². The first kappa shape index (κ1) is 13.9. The average molecular weight is 382 g/mol. The second kappa shape index (κ2) is 4.98. The molecule has 0 saturated carbocycles. The average Bonchev–Trinajstić information content (AvgIpc) is 2.43. The van der Waals surface area contributed by atoms with E-state index in [2.05, 4.69) is 31.9 Å². The summed E-state index contributed by atoms with van der Waals surface area (Å²) in [6.45, 7) is 2.35. The fourth-order valence-electron chi connectivity index (χ4n) is 1.00. The predicted octanol–water partition coefficient (Wildman–Crippen LogP) is 5.84. The molecule has 1 aromatic heterocycles. The highest BCUT2D eigenvalue weighted by atomic mass is 79.9. The highest BCUT2D eigenvalue weighted by Crippen LogP contribution is 2.44. The first-order valence-corrected chi connectivity index (χ1v) is 7.04. The minimum absolute atomic E-state index is 0.669. The van der Waals surface area contributed by atoms with Gasteiger partial charge in [0.25, 0.3) is 0 Å². The summed E-state index contributed by atoms with van der Waals surface area (Å²) < 4.78 is 27.8. The summed E-state index contributed by atoms with van der Waals surface area (Å²) in [6.07, 6.45) is 0. The normalized spacial score (nSPS) is 16.5. The fourth-order valence-corrected chi connectivity index (χ4v) is 3.59. The van der Waals surface area contributed by atoms with Gasteiger partial charge in [0.15, 0.2) is 0 Å². The number of alkyl halides is 3. The molecule has 2 unspecified atom stereocenters. The van der Waals surface area contributed by atoms with Gasteiger partial charge in [-0.15, -0.1) is 22.9 Å². The minimum Gasteiger partial charge on any atom is -0.207 e. The molecule has 86 valence electrons. The number of thiophene rings is 1. The zero-order valence-corrected chi connectivity index (χ0v) is 12.8. The molecule has 2 atom stereocenters. The van der Waals surface area contributed by atoms with Crippen molar-refractivity contribution in [2.75, 3.05) is 0 Å². The molecule has 1 heterocycles. The number of hydrogen-bond donors (Lipinski definition) is 0. The Bertz CT molecular complexity index is 329. The summed E-state index contributed by atoms with van der Waals surface area (Å²) in [5.41, 5.74) is 0.